The molecule has 0 bridgehead atoms. The summed E-state index contributed by atoms with van der Waals surface area (Å²) in [5.41, 5.74) is 4.04. The number of aryl methyl sites for hydroxylation is 1. The minimum atomic E-state index is -4.47. The van der Waals surface area contributed by atoms with E-state index in [2.05, 4.69) is 9.97 Å². The van der Waals surface area contributed by atoms with Crippen LogP contribution in [0.15, 0.2) is 6.20 Å². The number of anilines is 1. The van der Waals surface area contributed by atoms with Gasteiger partial charge in [0.2, 0.25) is 0 Å². The fourth-order valence-corrected chi connectivity index (χ4v) is 0.706. The monoisotopic (exact) mass is 237 g/mol. The highest BCUT2D eigenvalue weighted by atomic mass is 19.4. The molecule has 2 N–H and O–H groups in total. The Labute approximate surface area is 93.9 Å². The minimum Gasteiger partial charge on any atom is -0.383 e. The third kappa shape index (κ3) is 5.53. The van der Waals surface area contributed by atoms with E-state index in [1.165, 1.54) is 6.92 Å². The molecule has 0 amide bonds. The highest BCUT2D eigenvalue weighted by Crippen LogP contribution is 2.31. The second-order valence-corrected chi connectivity index (χ2v) is 2.21. The summed E-state index contributed by atoms with van der Waals surface area (Å²) >= 11 is 0. The van der Waals surface area contributed by atoms with Gasteiger partial charge >= 0.3 is 6.18 Å². The van der Waals surface area contributed by atoms with Crippen LogP contribution in [0.5, 0.6) is 0 Å². The van der Waals surface area contributed by atoms with E-state index >= 15 is 0 Å². The van der Waals surface area contributed by atoms with Crippen LogP contribution in [0.3, 0.4) is 0 Å². The van der Waals surface area contributed by atoms with E-state index in [1.807, 2.05) is 27.7 Å². The Hall–Kier alpha value is -1.33. The van der Waals surface area contributed by atoms with Gasteiger partial charge in [-0.05, 0) is 6.92 Å². The fourth-order valence-electron chi connectivity index (χ4n) is 0.706. The van der Waals surface area contributed by atoms with Crippen LogP contribution < -0.4 is 5.73 Å². The van der Waals surface area contributed by atoms with Crippen molar-refractivity contribution in [3.05, 3.63) is 17.6 Å². The predicted molar refractivity (Wildman–Crippen MR) is 58.9 cm³/mol. The third-order valence-corrected chi connectivity index (χ3v) is 1.24. The zero-order valence-corrected chi connectivity index (χ0v) is 10.2. The Balaban J connectivity index is 0. The number of halogens is 3. The summed E-state index contributed by atoms with van der Waals surface area (Å²) < 4.78 is 36.1. The van der Waals surface area contributed by atoms with Crippen molar-refractivity contribution in [2.45, 2.75) is 40.8 Å². The van der Waals surface area contributed by atoms with Crippen LogP contribution >= 0.6 is 0 Å². The summed E-state index contributed by atoms with van der Waals surface area (Å²) in [7, 11) is 0. The van der Waals surface area contributed by atoms with Gasteiger partial charge in [0.05, 0.1) is 0 Å². The SMILES string of the molecule is CC.CC.Cc1ncc(C(F)(F)F)c(N)n1. The van der Waals surface area contributed by atoms with Gasteiger partial charge in [0.1, 0.15) is 17.2 Å². The standard InChI is InChI=1S/C6H6F3N3.2C2H6/c1-3-11-2-4(5(10)12-3)6(7,8)9;2*1-2/h2H,1H3,(H2,10,11,12);2*1-2H3. The van der Waals surface area contributed by atoms with E-state index in [0.717, 1.165) is 0 Å². The smallest absolute Gasteiger partial charge is 0.383 e. The topological polar surface area (TPSA) is 51.8 Å². The van der Waals surface area contributed by atoms with Gasteiger partial charge in [-0.25, -0.2) is 9.97 Å². The largest absolute Gasteiger partial charge is 0.421 e. The van der Waals surface area contributed by atoms with E-state index in [-0.39, 0.29) is 5.82 Å². The van der Waals surface area contributed by atoms with Crippen LogP contribution in [0.1, 0.15) is 39.1 Å². The molecule has 0 aliphatic rings. The molecule has 1 aromatic rings. The molecular weight excluding hydrogens is 219 g/mol. The lowest BCUT2D eigenvalue weighted by Crippen LogP contribution is -2.11. The highest BCUT2D eigenvalue weighted by Gasteiger charge is 2.34. The molecule has 16 heavy (non-hydrogen) atoms. The Morgan fingerprint density at radius 3 is 1.88 bits per heavy atom. The van der Waals surface area contributed by atoms with Crippen LogP contribution in [-0.2, 0) is 6.18 Å². The van der Waals surface area contributed by atoms with Crippen LogP contribution in [0.2, 0.25) is 0 Å². The maximum atomic E-state index is 12.0. The first-order valence-corrected chi connectivity index (χ1v) is 5.07. The van der Waals surface area contributed by atoms with E-state index < -0.39 is 17.6 Å². The summed E-state index contributed by atoms with van der Waals surface area (Å²) in [4.78, 5) is 6.78. The average Bonchev–Trinajstić information content (AvgIpc) is 2.21. The lowest BCUT2D eigenvalue weighted by atomic mass is 10.3. The van der Waals surface area contributed by atoms with E-state index in [4.69, 9.17) is 5.73 Å². The highest BCUT2D eigenvalue weighted by molar-refractivity contribution is 5.39. The second-order valence-electron chi connectivity index (χ2n) is 2.21. The summed E-state index contributed by atoms with van der Waals surface area (Å²) in [6.45, 7) is 9.47. The number of hydrogen-bond acceptors (Lipinski definition) is 3. The molecule has 1 heterocycles. The molecule has 94 valence electrons. The molecule has 0 radical (unpaired) electrons. The summed E-state index contributed by atoms with van der Waals surface area (Å²) in [5, 5.41) is 0. The van der Waals surface area contributed by atoms with Gasteiger partial charge in [-0.1, -0.05) is 27.7 Å². The van der Waals surface area contributed by atoms with Gasteiger partial charge < -0.3 is 5.73 Å². The first-order valence-electron chi connectivity index (χ1n) is 5.07. The Kier molecular flexibility index (Phi) is 8.43. The van der Waals surface area contributed by atoms with Crippen molar-refractivity contribution < 1.29 is 13.2 Å². The molecule has 0 saturated heterocycles. The Bertz CT molecular complexity index is 298. The zero-order valence-electron chi connectivity index (χ0n) is 10.2. The van der Waals surface area contributed by atoms with Crippen molar-refractivity contribution in [2.75, 3.05) is 5.73 Å². The van der Waals surface area contributed by atoms with Gasteiger partial charge in [0.15, 0.2) is 0 Å². The average molecular weight is 237 g/mol. The van der Waals surface area contributed by atoms with Crippen LogP contribution in [0.25, 0.3) is 0 Å². The number of hydrogen-bond donors (Lipinski definition) is 1. The van der Waals surface area contributed by atoms with Gasteiger partial charge in [-0.15, -0.1) is 0 Å². The van der Waals surface area contributed by atoms with Crippen molar-refractivity contribution in [1.82, 2.24) is 9.97 Å². The normalized spacial score (nSPS) is 9.50. The molecule has 0 fully saturated rings. The number of aromatic nitrogens is 2. The quantitative estimate of drug-likeness (QED) is 0.752. The Morgan fingerprint density at radius 1 is 1.12 bits per heavy atom. The zero-order chi connectivity index (χ0) is 13.4. The molecular formula is C10H18F3N3. The molecule has 3 nitrogen and oxygen atoms in total. The van der Waals surface area contributed by atoms with Crippen molar-refractivity contribution in [2.24, 2.45) is 0 Å². The molecule has 0 aromatic carbocycles. The van der Waals surface area contributed by atoms with Gasteiger partial charge in [0, 0.05) is 6.20 Å². The van der Waals surface area contributed by atoms with Gasteiger partial charge in [-0.3, -0.25) is 0 Å². The van der Waals surface area contributed by atoms with Crippen molar-refractivity contribution in [3.8, 4) is 0 Å². The molecule has 6 heteroatoms. The summed E-state index contributed by atoms with van der Waals surface area (Å²) in [6, 6.07) is 0. The molecule has 0 spiro atoms. The lowest BCUT2D eigenvalue weighted by molar-refractivity contribution is -0.137. The summed E-state index contributed by atoms with van der Waals surface area (Å²) in [6.07, 6.45) is -3.80. The second kappa shape index (κ2) is 7.90. The maximum absolute atomic E-state index is 12.0. The number of nitrogens with two attached hydrogens (primary N) is 1. The molecule has 0 saturated carbocycles. The van der Waals surface area contributed by atoms with Gasteiger partial charge in [-0.2, -0.15) is 13.2 Å². The molecule has 1 aromatic heterocycles. The van der Waals surface area contributed by atoms with E-state index in [1.54, 1.807) is 0 Å². The van der Waals surface area contributed by atoms with Crippen LogP contribution in [0, 0.1) is 6.92 Å². The molecule has 0 aliphatic carbocycles. The molecule has 0 unspecified atom stereocenters. The molecule has 1 rings (SSSR count). The predicted octanol–water partition coefficient (Wildman–Crippen LogP) is 3.44. The van der Waals surface area contributed by atoms with Crippen molar-refractivity contribution in [1.29, 1.82) is 0 Å². The first-order chi connectivity index (χ1) is 7.41. The van der Waals surface area contributed by atoms with Crippen molar-refractivity contribution >= 4 is 5.82 Å². The number of nitrogens with zero attached hydrogens (tertiary/aromatic N) is 2. The first kappa shape index (κ1) is 17.1. The number of rotatable bonds is 0. The van der Waals surface area contributed by atoms with E-state index in [9.17, 15) is 13.2 Å². The number of alkyl halides is 3. The number of nitrogen functional groups attached to an aromatic ring is 1. The third-order valence-electron chi connectivity index (χ3n) is 1.24. The lowest BCUT2D eigenvalue weighted by Gasteiger charge is -2.07. The summed E-state index contributed by atoms with van der Waals surface area (Å²) in [5.74, 6) is -0.310. The van der Waals surface area contributed by atoms with Gasteiger partial charge in [0.25, 0.3) is 0 Å². The van der Waals surface area contributed by atoms with Crippen LogP contribution in [-0.4, -0.2) is 9.97 Å². The fraction of sp³-hybridized carbons (Fsp3) is 0.600. The van der Waals surface area contributed by atoms with E-state index in [0.29, 0.717) is 6.20 Å². The minimum absolute atomic E-state index is 0.223. The molecule has 0 aliphatic heterocycles. The van der Waals surface area contributed by atoms with Crippen molar-refractivity contribution in [3.63, 3.8) is 0 Å². The Morgan fingerprint density at radius 2 is 1.56 bits per heavy atom. The van der Waals surface area contributed by atoms with Crippen LogP contribution in [0.4, 0.5) is 19.0 Å². The maximum Gasteiger partial charge on any atom is 0.421 e. The molecule has 0 atom stereocenters.